The van der Waals surface area contributed by atoms with Crippen molar-refractivity contribution >= 4 is 23.8 Å². The summed E-state index contributed by atoms with van der Waals surface area (Å²) in [4.78, 5) is 20.1. The van der Waals surface area contributed by atoms with E-state index in [1.54, 1.807) is 18.2 Å². The average molecular weight is 425 g/mol. The summed E-state index contributed by atoms with van der Waals surface area (Å²) in [7, 11) is 0. The van der Waals surface area contributed by atoms with Gasteiger partial charge in [0.15, 0.2) is 5.69 Å². The summed E-state index contributed by atoms with van der Waals surface area (Å²) in [6, 6.07) is 15.6. The van der Waals surface area contributed by atoms with Crippen molar-refractivity contribution in [2.75, 3.05) is 5.73 Å². The summed E-state index contributed by atoms with van der Waals surface area (Å²) < 4.78 is 41.7. The molecule has 1 aromatic heterocycles. The fraction of sp³-hybridized carbons (Fsp3) is 0.0476. The summed E-state index contributed by atoms with van der Waals surface area (Å²) in [5.74, 6) is -0.654. The summed E-state index contributed by atoms with van der Waals surface area (Å²) in [5.41, 5.74) is 5.90. The highest BCUT2D eigenvalue weighted by molar-refractivity contribution is 5.83. The highest BCUT2D eigenvalue weighted by atomic mass is 19.4. The van der Waals surface area contributed by atoms with Gasteiger partial charge in [-0.1, -0.05) is 36.4 Å². The number of ether oxygens (including phenoxy) is 1. The standard InChI is InChI=1S/C21H14F3N5O2/c22-21(23,24)31-16-10-8-15(9-11-16)29-19(26)18(17(13-25)28-20(29)30)27-12-4-7-14-5-2-1-3-6-14/h1-12H,26H2/b7-4+,27-12?. The Hall–Kier alpha value is -4.39. The number of hydrogen-bond donors (Lipinski definition) is 1. The maximum absolute atomic E-state index is 12.3. The van der Waals surface area contributed by atoms with Gasteiger partial charge < -0.3 is 10.5 Å². The molecule has 3 rings (SSSR count). The van der Waals surface area contributed by atoms with E-state index in [4.69, 9.17) is 5.73 Å². The van der Waals surface area contributed by atoms with Crippen LogP contribution in [0.25, 0.3) is 11.8 Å². The summed E-state index contributed by atoms with van der Waals surface area (Å²) in [6.45, 7) is 0. The second-order valence-electron chi connectivity index (χ2n) is 6.01. The fourth-order valence-electron chi connectivity index (χ4n) is 2.62. The lowest BCUT2D eigenvalue weighted by Crippen LogP contribution is -2.25. The van der Waals surface area contributed by atoms with E-state index in [9.17, 15) is 23.2 Å². The van der Waals surface area contributed by atoms with Crippen molar-refractivity contribution in [2.45, 2.75) is 6.36 Å². The highest BCUT2D eigenvalue weighted by Gasteiger charge is 2.31. The van der Waals surface area contributed by atoms with E-state index in [1.807, 2.05) is 30.3 Å². The van der Waals surface area contributed by atoms with Crippen LogP contribution in [0, 0.1) is 11.3 Å². The zero-order chi connectivity index (χ0) is 22.4. The van der Waals surface area contributed by atoms with E-state index in [0.717, 1.165) is 22.3 Å². The highest BCUT2D eigenvalue weighted by Crippen LogP contribution is 2.27. The molecule has 0 aliphatic carbocycles. The number of halogens is 3. The number of anilines is 1. The van der Waals surface area contributed by atoms with E-state index >= 15 is 0 Å². The largest absolute Gasteiger partial charge is 0.573 e. The van der Waals surface area contributed by atoms with Crippen molar-refractivity contribution in [1.82, 2.24) is 9.55 Å². The summed E-state index contributed by atoms with van der Waals surface area (Å²) in [5, 5.41) is 9.28. The third-order valence-electron chi connectivity index (χ3n) is 3.92. The monoisotopic (exact) mass is 425 g/mol. The molecule has 0 atom stereocenters. The average Bonchev–Trinajstić information content (AvgIpc) is 2.73. The van der Waals surface area contributed by atoms with Crippen LogP contribution in [-0.2, 0) is 0 Å². The van der Waals surface area contributed by atoms with E-state index < -0.39 is 17.8 Å². The summed E-state index contributed by atoms with van der Waals surface area (Å²) in [6.07, 6.45) is -0.0674. The Balaban J connectivity index is 1.96. The van der Waals surface area contributed by atoms with E-state index in [0.29, 0.717) is 0 Å². The Morgan fingerprint density at radius 1 is 1.13 bits per heavy atom. The number of rotatable bonds is 5. The van der Waals surface area contributed by atoms with Gasteiger partial charge in [-0.25, -0.2) is 14.4 Å². The van der Waals surface area contributed by atoms with Gasteiger partial charge in [0.25, 0.3) is 0 Å². The number of allylic oxidation sites excluding steroid dienone is 1. The second-order valence-corrected chi connectivity index (χ2v) is 6.01. The zero-order valence-electron chi connectivity index (χ0n) is 15.7. The van der Waals surface area contributed by atoms with E-state index in [2.05, 4.69) is 14.7 Å². The Bertz CT molecular complexity index is 1230. The number of nitrogens with zero attached hydrogens (tertiary/aromatic N) is 4. The molecule has 0 aliphatic rings. The molecule has 0 saturated carbocycles. The molecule has 31 heavy (non-hydrogen) atoms. The molecule has 10 heteroatoms. The van der Waals surface area contributed by atoms with Crippen LogP contribution in [0.3, 0.4) is 0 Å². The molecule has 0 amide bonds. The molecule has 7 nitrogen and oxygen atoms in total. The smallest absolute Gasteiger partial charge is 0.406 e. The molecule has 156 valence electrons. The summed E-state index contributed by atoms with van der Waals surface area (Å²) >= 11 is 0. The number of hydrogen-bond acceptors (Lipinski definition) is 6. The third kappa shape index (κ3) is 5.36. The third-order valence-corrected chi connectivity index (χ3v) is 3.92. The van der Waals surface area contributed by atoms with Crippen LogP contribution in [-0.4, -0.2) is 22.1 Å². The predicted molar refractivity (Wildman–Crippen MR) is 109 cm³/mol. The minimum Gasteiger partial charge on any atom is -0.406 e. The fourth-order valence-corrected chi connectivity index (χ4v) is 2.62. The molecule has 2 aromatic carbocycles. The first-order valence-corrected chi connectivity index (χ1v) is 8.73. The van der Waals surface area contributed by atoms with Crippen LogP contribution in [0.5, 0.6) is 5.75 Å². The SMILES string of the molecule is N#Cc1nc(=O)n(-c2ccc(OC(F)(F)F)cc2)c(N)c1N=C/C=C/c1ccccc1. The van der Waals surface area contributed by atoms with Gasteiger partial charge in [-0.15, -0.1) is 13.2 Å². The first-order chi connectivity index (χ1) is 14.8. The number of benzene rings is 2. The van der Waals surface area contributed by atoms with Crippen LogP contribution in [0.4, 0.5) is 24.7 Å². The lowest BCUT2D eigenvalue weighted by atomic mass is 10.2. The molecular weight excluding hydrogens is 411 g/mol. The molecule has 0 bridgehead atoms. The molecular formula is C21H14F3N5O2. The molecule has 2 N–H and O–H groups in total. The number of aromatic nitrogens is 2. The first kappa shape index (κ1) is 21.3. The first-order valence-electron chi connectivity index (χ1n) is 8.73. The van der Waals surface area contributed by atoms with Crippen molar-refractivity contribution in [3.8, 4) is 17.5 Å². The van der Waals surface area contributed by atoms with Gasteiger partial charge in [0, 0.05) is 6.21 Å². The molecule has 0 fully saturated rings. The maximum Gasteiger partial charge on any atom is 0.573 e. The molecule has 0 saturated heterocycles. The number of aliphatic imine (C=N–C) groups is 1. The van der Waals surface area contributed by atoms with Gasteiger partial charge in [-0.05, 0) is 35.9 Å². The normalized spacial score (nSPS) is 11.7. The number of nitriles is 1. The van der Waals surface area contributed by atoms with Crippen LogP contribution in [0.1, 0.15) is 11.3 Å². The lowest BCUT2D eigenvalue weighted by Gasteiger charge is -2.13. The van der Waals surface area contributed by atoms with Gasteiger partial charge >= 0.3 is 12.1 Å². The van der Waals surface area contributed by atoms with Gasteiger partial charge in [0.05, 0.1) is 5.69 Å². The number of nitrogens with two attached hydrogens (primary N) is 1. The molecule has 3 aromatic rings. The quantitative estimate of drug-likeness (QED) is 0.622. The van der Waals surface area contributed by atoms with Crippen molar-refractivity contribution in [3.63, 3.8) is 0 Å². The van der Waals surface area contributed by atoms with Gasteiger partial charge in [0.1, 0.15) is 23.3 Å². The minimum absolute atomic E-state index is 0.0459. The van der Waals surface area contributed by atoms with Crippen LogP contribution >= 0.6 is 0 Å². The minimum atomic E-state index is -4.84. The van der Waals surface area contributed by atoms with E-state index in [1.165, 1.54) is 18.3 Å². The van der Waals surface area contributed by atoms with Crippen molar-refractivity contribution in [2.24, 2.45) is 4.99 Å². The molecule has 1 heterocycles. The topological polar surface area (TPSA) is 106 Å². The van der Waals surface area contributed by atoms with Gasteiger partial charge in [0.2, 0.25) is 0 Å². The Kier molecular flexibility index (Phi) is 6.16. The zero-order valence-corrected chi connectivity index (χ0v) is 15.7. The predicted octanol–water partition coefficient (Wildman–Crippen LogP) is 4.00. The van der Waals surface area contributed by atoms with Crippen molar-refractivity contribution in [3.05, 3.63) is 82.4 Å². The second kappa shape index (κ2) is 8.96. The van der Waals surface area contributed by atoms with Crippen LogP contribution in [0.15, 0.2) is 70.5 Å². The number of nitrogen functional groups attached to an aromatic ring is 1. The lowest BCUT2D eigenvalue weighted by molar-refractivity contribution is -0.274. The molecule has 0 spiro atoms. The molecule has 0 radical (unpaired) electrons. The Morgan fingerprint density at radius 3 is 2.42 bits per heavy atom. The Labute approximate surface area is 174 Å². The van der Waals surface area contributed by atoms with Gasteiger partial charge in [-0.2, -0.15) is 10.2 Å². The number of alkyl halides is 3. The van der Waals surface area contributed by atoms with Crippen molar-refractivity contribution in [1.29, 1.82) is 5.26 Å². The molecule has 0 aliphatic heterocycles. The molecule has 0 unspecified atom stereocenters. The maximum atomic E-state index is 12.3. The van der Waals surface area contributed by atoms with Crippen molar-refractivity contribution < 1.29 is 17.9 Å². The van der Waals surface area contributed by atoms with Crippen LogP contribution in [0.2, 0.25) is 0 Å². The van der Waals surface area contributed by atoms with Gasteiger partial charge in [-0.3, -0.25) is 0 Å². The Morgan fingerprint density at radius 2 is 1.81 bits per heavy atom. The van der Waals surface area contributed by atoms with Crippen LogP contribution < -0.4 is 16.2 Å². The van der Waals surface area contributed by atoms with E-state index in [-0.39, 0.29) is 22.9 Å².